The highest BCUT2D eigenvalue weighted by atomic mass is 32.1. The summed E-state index contributed by atoms with van der Waals surface area (Å²) in [4.78, 5) is 27.6. The van der Waals surface area contributed by atoms with Crippen LogP contribution >= 0.6 is 11.3 Å². The SMILES string of the molecule is CC(=O)N1CCCc2nc(C(=O)O)sc21. The predicted molar refractivity (Wildman–Crippen MR) is 55.4 cm³/mol. The lowest BCUT2D eigenvalue weighted by atomic mass is 10.1. The summed E-state index contributed by atoms with van der Waals surface area (Å²) < 4.78 is 0. The van der Waals surface area contributed by atoms with E-state index in [4.69, 9.17) is 5.11 Å². The minimum atomic E-state index is -1.03. The quantitative estimate of drug-likeness (QED) is 0.779. The molecule has 1 aliphatic heterocycles. The maximum Gasteiger partial charge on any atom is 0.365 e. The van der Waals surface area contributed by atoms with E-state index in [-0.39, 0.29) is 10.9 Å². The molecule has 15 heavy (non-hydrogen) atoms. The number of nitrogens with zero attached hydrogens (tertiary/aromatic N) is 2. The van der Waals surface area contributed by atoms with Crippen LogP contribution in [0.1, 0.15) is 28.8 Å². The lowest BCUT2D eigenvalue weighted by Gasteiger charge is -2.24. The molecule has 0 spiro atoms. The van der Waals surface area contributed by atoms with Crippen LogP contribution in [0.4, 0.5) is 5.00 Å². The normalized spacial score (nSPS) is 14.9. The first-order valence-corrected chi connectivity index (χ1v) is 5.42. The second-order valence-corrected chi connectivity index (χ2v) is 4.33. The molecule has 1 aromatic heterocycles. The molecule has 0 saturated carbocycles. The fraction of sp³-hybridized carbons (Fsp3) is 0.444. The van der Waals surface area contributed by atoms with E-state index < -0.39 is 5.97 Å². The molecule has 1 amide bonds. The summed E-state index contributed by atoms with van der Waals surface area (Å²) in [5.74, 6) is -1.09. The fourth-order valence-electron chi connectivity index (χ4n) is 1.62. The third-order valence-electron chi connectivity index (χ3n) is 2.28. The van der Waals surface area contributed by atoms with Gasteiger partial charge in [0.2, 0.25) is 10.9 Å². The topological polar surface area (TPSA) is 70.5 Å². The second kappa shape index (κ2) is 3.62. The third-order valence-corrected chi connectivity index (χ3v) is 3.39. The van der Waals surface area contributed by atoms with E-state index in [1.165, 1.54) is 6.92 Å². The predicted octanol–water partition coefficient (Wildman–Crippen LogP) is 1.14. The van der Waals surface area contributed by atoms with Crippen molar-refractivity contribution in [1.82, 2.24) is 4.98 Å². The summed E-state index contributed by atoms with van der Waals surface area (Å²) in [5.41, 5.74) is 0.735. The van der Waals surface area contributed by atoms with E-state index in [0.717, 1.165) is 29.9 Å². The standard InChI is InChI=1S/C9H10N2O3S/c1-5(12)11-4-2-3-6-8(11)15-7(10-6)9(13)14/h2-4H2,1H3,(H,13,14). The molecule has 0 bridgehead atoms. The molecule has 0 unspecified atom stereocenters. The zero-order valence-corrected chi connectivity index (χ0v) is 9.00. The van der Waals surface area contributed by atoms with Crippen LogP contribution in [0, 0.1) is 0 Å². The van der Waals surface area contributed by atoms with Gasteiger partial charge in [-0.1, -0.05) is 11.3 Å². The van der Waals surface area contributed by atoms with Crippen molar-refractivity contribution < 1.29 is 14.7 Å². The van der Waals surface area contributed by atoms with Crippen LogP contribution in [0.5, 0.6) is 0 Å². The van der Waals surface area contributed by atoms with E-state index in [1.54, 1.807) is 4.90 Å². The molecule has 6 heteroatoms. The van der Waals surface area contributed by atoms with Gasteiger partial charge in [-0.05, 0) is 12.8 Å². The summed E-state index contributed by atoms with van der Waals surface area (Å²) in [7, 11) is 0. The number of aromatic carboxylic acids is 1. The molecular formula is C9H10N2O3S. The lowest BCUT2D eigenvalue weighted by molar-refractivity contribution is -0.116. The molecule has 1 N–H and O–H groups in total. The number of aryl methyl sites for hydroxylation is 1. The number of thiazole rings is 1. The molecule has 0 atom stereocenters. The number of carbonyl (C=O) groups is 2. The van der Waals surface area contributed by atoms with Gasteiger partial charge in [-0.25, -0.2) is 9.78 Å². The van der Waals surface area contributed by atoms with Gasteiger partial charge in [0.25, 0.3) is 0 Å². The summed E-state index contributed by atoms with van der Waals surface area (Å²) in [6.45, 7) is 2.14. The van der Waals surface area contributed by atoms with Gasteiger partial charge in [0, 0.05) is 13.5 Å². The van der Waals surface area contributed by atoms with Gasteiger partial charge in [-0.2, -0.15) is 0 Å². The van der Waals surface area contributed by atoms with E-state index in [2.05, 4.69) is 4.98 Å². The number of hydrogen-bond acceptors (Lipinski definition) is 4. The van der Waals surface area contributed by atoms with Crippen molar-refractivity contribution in [3.05, 3.63) is 10.7 Å². The zero-order chi connectivity index (χ0) is 11.0. The average Bonchev–Trinajstić information content (AvgIpc) is 2.60. The monoisotopic (exact) mass is 226 g/mol. The van der Waals surface area contributed by atoms with Crippen LogP contribution in [0.3, 0.4) is 0 Å². The van der Waals surface area contributed by atoms with E-state index in [1.807, 2.05) is 0 Å². The molecule has 80 valence electrons. The van der Waals surface area contributed by atoms with Crippen molar-refractivity contribution in [1.29, 1.82) is 0 Å². The van der Waals surface area contributed by atoms with E-state index >= 15 is 0 Å². The molecule has 5 nitrogen and oxygen atoms in total. The van der Waals surface area contributed by atoms with Gasteiger partial charge in [-0.15, -0.1) is 0 Å². The number of carboxylic acid groups (broad SMARTS) is 1. The van der Waals surface area contributed by atoms with E-state index in [0.29, 0.717) is 11.5 Å². The minimum Gasteiger partial charge on any atom is -0.476 e. The van der Waals surface area contributed by atoms with Gasteiger partial charge >= 0.3 is 5.97 Å². The molecule has 2 rings (SSSR count). The Labute approximate surface area is 90.4 Å². The van der Waals surface area contributed by atoms with Crippen molar-refractivity contribution in [2.24, 2.45) is 0 Å². The first-order chi connectivity index (χ1) is 7.09. The maximum atomic E-state index is 11.3. The van der Waals surface area contributed by atoms with Crippen molar-refractivity contribution in [2.75, 3.05) is 11.4 Å². The largest absolute Gasteiger partial charge is 0.476 e. The van der Waals surface area contributed by atoms with Crippen molar-refractivity contribution in [3.63, 3.8) is 0 Å². The molecule has 0 aliphatic carbocycles. The molecule has 1 aromatic rings. The molecule has 1 aliphatic rings. The van der Waals surface area contributed by atoms with Gasteiger partial charge in [0.1, 0.15) is 5.00 Å². The smallest absolute Gasteiger partial charge is 0.365 e. The summed E-state index contributed by atoms with van der Waals surface area (Å²) in [5, 5.41) is 9.57. The number of hydrogen-bond donors (Lipinski definition) is 1. The number of anilines is 1. The number of amides is 1. The van der Waals surface area contributed by atoms with Crippen molar-refractivity contribution >= 4 is 28.2 Å². The highest BCUT2D eigenvalue weighted by Gasteiger charge is 2.25. The Kier molecular flexibility index (Phi) is 2.44. The number of rotatable bonds is 1. The second-order valence-electron chi connectivity index (χ2n) is 3.35. The highest BCUT2D eigenvalue weighted by Crippen LogP contribution is 2.33. The number of carboxylic acids is 1. The Morgan fingerprint density at radius 1 is 1.53 bits per heavy atom. The van der Waals surface area contributed by atoms with Crippen LogP contribution in [0.2, 0.25) is 0 Å². The van der Waals surface area contributed by atoms with Gasteiger partial charge in [-0.3, -0.25) is 4.79 Å². The Morgan fingerprint density at radius 3 is 2.87 bits per heavy atom. The molecule has 0 aromatic carbocycles. The van der Waals surface area contributed by atoms with Crippen LogP contribution in [0.25, 0.3) is 0 Å². The maximum absolute atomic E-state index is 11.3. The fourth-order valence-corrected chi connectivity index (χ4v) is 2.64. The summed E-state index contributed by atoms with van der Waals surface area (Å²) in [6, 6.07) is 0. The van der Waals surface area contributed by atoms with E-state index in [9.17, 15) is 9.59 Å². The van der Waals surface area contributed by atoms with Crippen molar-refractivity contribution in [2.45, 2.75) is 19.8 Å². The third kappa shape index (κ3) is 1.72. The van der Waals surface area contributed by atoms with Crippen LogP contribution in [-0.2, 0) is 11.2 Å². The average molecular weight is 226 g/mol. The minimum absolute atomic E-state index is 0.0588. The van der Waals surface area contributed by atoms with Gasteiger partial charge < -0.3 is 10.0 Å². The molecule has 0 fully saturated rings. The Balaban J connectivity index is 2.43. The Bertz CT molecular complexity index is 427. The zero-order valence-electron chi connectivity index (χ0n) is 8.19. The lowest BCUT2D eigenvalue weighted by Crippen LogP contribution is -2.32. The summed E-state index contributed by atoms with van der Waals surface area (Å²) in [6.07, 6.45) is 1.60. The van der Waals surface area contributed by atoms with Gasteiger partial charge in [0.15, 0.2) is 0 Å². The molecule has 2 heterocycles. The number of aromatic nitrogens is 1. The first-order valence-electron chi connectivity index (χ1n) is 4.60. The van der Waals surface area contributed by atoms with Crippen LogP contribution in [0.15, 0.2) is 0 Å². The van der Waals surface area contributed by atoms with Gasteiger partial charge in [0.05, 0.1) is 5.69 Å². The number of carbonyl (C=O) groups excluding carboxylic acids is 1. The van der Waals surface area contributed by atoms with Crippen LogP contribution < -0.4 is 4.90 Å². The molecule has 0 saturated heterocycles. The summed E-state index contributed by atoms with van der Waals surface area (Å²) >= 11 is 1.07. The van der Waals surface area contributed by atoms with Crippen LogP contribution in [-0.4, -0.2) is 28.5 Å². The Hall–Kier alpha value is -1.43. The molecular weight excluding hydrogens is 216 g/mol. The highest BCUT2D eigenvalue weighted by molar-refractivity contribution is 7.17. The van der Waals surface area contributed by atoms with Crippen molar-refractivity contribution in [3.8, 4) is 0 Å². The first kappa shape index (κ1) is 10.1. The number of fused-ring (bicyclic) bond motifs is 1. The molecule has 0 radical (unpaired) electrons. The Morgan fingerprint density at radius 2 is 2.27 bits per heavy atom.